The minimum atomic E-state index is -0.958. The number of rotatable bonds is 5. The molecule has 3 heterocycles. The lowest BCUT2D eigenvalue weighted by Gasteiger charge is -2.19. The normalized spacial score (nSPS) is 18.0. The minimum Gasteiger partial charge on any atom is -0.463 e. The van der Waals surface area contributed by atoms with Gasteiger partial charge in [-0.3, -0.25) is 14.6 Å². The molecule has 0 amide bonds. The molecule has 0 saturated heterocycles. The Morgan fingerprint density at radius 2 is 2.21 bits per heavy atom. The molecule has 1 unspecified atom stereocenters. The third kappa shape index (κ3) is 5.05. The quantitative estimate of drug-likeness (QED) is 0.724. The second-order valence-corrected chi connectivity index (χ2v) is 7.45. The van der Waals surface area contributed by atoms with Crippen LogP contribution >= 0.6 is 7.53 Å². The van der Waals surface area contributed by atoms with Crippen LogP contribution in [0.3, 0.4) is 0 Å². The topological polar surface area (TPSA) is 87.3 Å². The van der Waals surface area contributed by atoms with E-state index in [9.17, 15) is 5.26 Å². The summed E-state index contributed by atoms with van der Waals surface area (Å²) in [4.78, 5) is 17.3. The molecule has 0 aromatic carbocycles. The van der Waals surface area contributed by atoms with Gasteiger partial charge in [-0.05, 0) is 24.9 Å². The molecular weight excluding hydrogens is 371 g/mol. The summed E-state index contributed by atoms with van der Waals surface area (Å²) in [5.41, 5.74) is 4.53. The number of anilines is 1. The predicted octanol–water partition coefficient (Wildman–Crippen LogP) is 3.66. The van der Waals surface area contributed by atoms with Crippen LogP contribution in [0.15, 0.2) is 59.6 Å². The summed E-state index contributed by atoms with van der Waals surface area (Å²) in [5.74, 6) is 2.48. The Labute approximate surface area is 164 Å². The lowest BCUT2D eigenvalue weighted by atomic mass is 10.3. The molecule has 0 spiro atoms. The van der Waals surface area contributed by atoms with Gasteiger partial charge < -0.3 is 4.74 Å². The molecule has 1 aliphatic heterocycles. The number of hydrogen-bond donors (Lipinski definition) is 0. The van der Waals surface area contributed by atoms with Crippen molar-refractivity contribution in [3.63, 3.8) is 0 Å². The number of aromatic nitrogens is 3. The summed E-state index contributed by atoms with van der Waals surface area (Å²) in [6.07, 6.45) is 11.4. The van der Waals surface area contributed by atoms with E-state index in [1.807, 2.05) is 53.8 Å². The van der Waals surface area contributed by atoms with Gasteiger partial charge in [0.05, 0.1) is 25.7 Å². The highest BCUT2D eigenvalue weighted by molar-refractivity contribution is 7.53. The number of ether oxygens (including phenoxy) is 1. The Morgan fingerprint density at radius 1 is 1.29 bits per heavy atom. The molecule has 1 atom stereocenters. The number of nitriles is 1. The van der Waals surface area contributed by atoms with Crippen LogP contribution in [-0.4, -0.2) is 34.4 Å². The van der Waals surface area contributed by atoms with E-state index in [1.165, 1.54) is 6.20 Å². The standard InChI is InChI=1S/C20H19N6OP/c1-2-28-13-7-3-5-10-22-16-26(28)19-17(14-21)15-24-20(25-19)27-12-9-18-8-4-6-11-23-18/h3-8,11,13,15-16H,9-10,12H2,1H3/b5-3-,13-7-,22-16-. The zero-order valence-corrected chi connectivity index (χ0v) is 16.3. The van der Waals surface area contributed by atoms with Crippen LogP contribution in [0, 0.1) is 17.0 Å². The van der Waals surface area contributed by atoms with Crippen molar-refractivity contribution in [2.24, 2.45) is 4.99 Å². The number of hydrogen-bond acceptors (Lipinski definition) is 7. The zero-order valence-electron chi connectivity index (χ0n) is 15.4. The van der Waals surface area contributed by atoms with E-state index in [2.05, 4.69) is 31.6 Å². The van der Waals surface area contributed by atoms with Crippen LogP contribution < -0.4 is 9.41 Å². The van der Waals surface area contributed by atoms with Gasteiger partial charge >= 0.3 is 6.01 Å². The molecule has 0 saturated carbocycles. The van der Waals surface area contributed by atoms with Crippen molar-refractivity contribution >= 4 is 19.7 Å². The van der Waals surface area contributed by atoms with E-state index < -0.39 is 7.53 Å². The lowest BCUT2D eigenvalue weighted by molar-refractivity contribution is 0.295. The molecule has 0 bridgehead atoms. The van der Waals surface area contributed by atoms with Gasteiger partial charge in [0.2, 0.25) is 0 Å². The van der Waals surface area contributed by atoms with Crippen molar-refractivity contribution in [3.05, 3.63) is 65.9 Å². The van der Waals surface area contributed by atoms with Crippen LogP contribution in [0.25, 0.3) is 0 Å². The molecule has 2 aromatic rings. The van der Waals surface area contributed by atoms with Gasteiger partial charge in [-0.15, -0.1) is 5.63 Å². The monoisotopic (exact) mass is 390 g/mol. The molecular formula is C20H19N6OP. The Kier molecular flexibility index (Phi) is 6.92. The fourth-order valence-corrected chi connectivity index (χ4v) is 3.71. The van der Waals surface area contributed by atoms with E-state index in [4.69, 9.17) is 4.74 Å². The molecule has 0 aliphatic carbocycles. The first kappa shape index (κ1) is 19.3. The predicted molar refractivity (Wildman–Crippen MR) is 111 cm³/mol. The number of aliphatic imine (C=N–C) groups is 1. The van der Waals surface area contributed by atoms with Crippen LogP contribution in [0.2, 0.25) is 0 Å². The molecule has 0 fully saturated rings. The van der Waals surface area contributed by atoms with Crippen molar-refractivity contribution in [1.82, 2.24) is 15.0 Å². The number of pyridine rings is 1. The maximum atomic E-state index is 9.51. The average molecular weight is 390 g/mol. The molecule has 0 radical (unpaired) electrons. The molecule has 140 valence electrons. The Morgan fingerprint density at radius 3 is 3.00 bits per heavy atom. The lowest BCUT2D eigenvalue weighted by Crippen LogP contribution is -2.15. The first-order chi connectivity index (χ1) is 13.8. The first-order valence-electron chi connectivity index (χ1n) is 8.70. The largest absolute Gasteiger partial charge is 0.463 e. The third-order valence-corrected chi connectivity index (χ3v) is 5.41. The van der Waals surface area contributed by atoms with E-state index in [0.29, 0.717) is 31.0 Å². The summed E-state index contributed by atoms with van der Waals surface area (Å²) in [7, 11) is -0.958. The maximum Gasteiger partial charge on any atom is 0.318 e. The highest BCUT2D eigenvalue weighted by atomic mass is 31.1. The molecule has 3 rings (SSSR count). The zero-order chi connectivity index (χ0) is 19.6. The van der Waals surface area contributed by atoms with Crippen molar-refractivity contribution in [2.45, 2.75) is 13.3 Å². The summed E-state index contributed by atoms with van der Waals surface area (Å²) in [6.45, 7) is 2.80. The number of nitrogens with zero attached hydrogens (tertiary/aromatic N) is 6. The second kappa shape index (κ2) is 10.0. The Hall–Kier alpha value is -3.45. The van der Waals surface area contributed by atoms with Crippen LogP contribution in [-0.2, 0) is 6.42 Å². The highest BCUT2D eigenvalue weighted by Crippen LogP contribution is 2.34. The highest BCUT2D eigenvalue weighted by Gasteiger charge is 2.16. The van der Waals surface area contributed by atoms with E-state index in [-0.39, 0.29) is 6.01 Å². The van der Waals surface area contributed by atoms with Gasteiger partial charge in [0, 0.05) is 25.8 Å². The Bertz CT molecular complexity index is 1030. The number of allylic oxidation sites excluding steroid dienone is 2. The van der Waals surface area contributed by atoms with Gasteiger partial charge in [-0.1, -0.05) is 24.3 Å². The molecule has 2 aromatic heterocycles. The van der Waals surface area contributed by atoms with Gasteiger partial charge in [0.15, 0.2) is 5.82 Å². The van der Waals surface area contributed by atoms with Gasteiger partial charge in [0.25, 0.3) is 0 Å². The Balaban J connectivity index is 1.84. The molecule has 0 N–H and O–H groups in total. The summed E-state index contributed by atoms with van der Waals surface area (Å²) < 4.78 is 7.56. The van der Waals surface area contributed by atoms with Crippen LogP contribution in [0.1, 0.15) is 18.2 Å². The van der Waals surface area contributed by atoms with Crippen molar-refractivity contribution in [3.8, 4) is 17.7 Å². The van der Waals surface area contributed by atoms with Crippen molar-refractivity contribution in [1.29, 1.82) is 5.26 Å². The SMILES string of the molecule is CC#P1/C=C\C=C/C/N=C\N1c1nc(OCCc2ccccn2)ncc1C#N. The molecule has 28 heavy (non-hydrogen) atoms. The van der Waals surface area contributed by atoms with Crippen molar-refractivity contribution in [2.75, 3.05) is 17.8 Å². The van der Waals surface area contributed by atoms with E-state index in [1.54, 1.807) is 12.5 Å². The summed E-state index contributed by atoms with van der Waals surface area (Å²) in [6, 6.07) is 8.11. The van der Waals surface area contributed by atoms with E-state index in [0.717, 1.165) is 5.69 Å². The van der Waals surface area contributed by atoms with Gasteiger partial charge in [-0.2, -0.15) is 10.2 Å². The van der Waals surface area contributed by atoms with Crippen LogP contribution in [0.4, 0.5) is 5.82 Å². The second-order valence-electron chi connectivity index (χ2n) is 5.58. The molecule has 8 heteroatoms. The fourth-order valence-electron chi connectivity index (χ4n) is 2.40. The summed E-state index contributed by atoms with van der Waals surface area (Å²) >= 11 is 0. The average Bonchev–Trinajstić information content (AvgIpc) is 2.86. The van der Waals surface area contributed by atoms with Crippen molar-refractivity contribution < 1.29 is 4.74 Å². The first-order valence-corrected chi connectivity index (χ1v) is 10.1. The van der Waals surface area contributed by atoms with Crippen LogP contribution in [0.5, 0.6) is 6.01 Å². The smallest absolute Gasteiger partial charge is 0.318 e. The van der Waals surface area contributed by atoms with Gasteiger partial charge in [0.1, 0.15) is 11.6 Å². The summed E-state index contributed by atoms with van der Waals surface area (Å²) in [5, 5.41) is 9.51. The fraction of sp³-hybridized carbons (Fsp3) is 0.200. The van der Waals surface area contributed by atoms with E-state index >= 15 is 0 Å². The maximum absolute atomic E-state index is 9.51. The van der Waals surface area contributed by atoms with Gasteiger partial charge in [-0.25, -0.2) is 4.98 Å². The molecule has 1 aliphatic rings. The molecule has 7 nitrogen and oxygen atoms in total. The third-order valence-electron chi connectivity index (χ3n) is 3.74. The minimum absolute atomic E-state index is 0.214.